The number of aryl methyl sites for hydroxylation is 2. The molecule has 2 aromatic carbocycles. The molecule has 0 N–H and O–H groups in total. The van der Waals surface area contributed by atoms with E-state index in [-0.39, 0.29) is 0 Å². The SMILES string of the molecule is Cc1cc(Cl)cc(C)c1Oc1ccc(C=O)cc1. The topological polar surface area (TPSA) is 26.3 Å². The largest absolute Gasteiger partial charge is 0.457 e. The van der Waals surface area contributed by atoms with Gasteiger partial charge in [0, 0.05) is 10.6 Å². The van der Waals surface area contributed by atoms with E-state index in [0.717, 1.165) is 23.2 Å². The van der Waals surface area contributed by atoms with Gasteiger partial charge < -0.3 is 4.74 Å². The maximum atomic E-state index is 10.6. The number of hydrogen-bond acceptors (Lipinski definition) is 2. The Hall–Kier alpha value is -1.80. The van der Waals surface area contributed by atoms with Crippen LogP contribution in [0, 0.1) is 13.8 Å². The van der Waals surface area contributed by atoms with Crippen molar-refractivity contribution in [3.8, 4) is 11.5 Å². The van der Waals surface area contributed by atoms with E-state index in [9.17, 15) is 4.79 Å². The van der Waals surface area contributed by atoms with Crippen LogP contribution in [0.4, 0.5) is 0 Å². The highest BCUT2D eigenvalue weighted by Crippen LogP contribution is 2.31. The molecule has 92 valence electrons. The fraction of sp³-hybridized carbons (Fsp3) is 0.133. The molecular weight excluding hydrogens is 248 g/mol. The van der Waals surface area contributed by atoms with Gasteiger partial charge in [0.15, 0.2) is 0 Å². The first kappa shape index (κ1) is 12.7. The van der Waals surface area contributed by atoms with Gasteiger partial charge >= 0.3 is 0 Å². The Balaban J connectivity index is 2.30. The number of carbonyl (C=O) groups excluding carboxylic acids is 1. The molecule has 0 bridgehead atoms. The summed E-state index contributed by atoms with van der Waals surface area (Å²) in [5.41, 5.74) is 2.60. The number of benzene rings is 2. The lowest BCUT2D eigenvalue weighted by Gasteiger charge is -2.12. The van der Waals surface area contributed by atoms with Gasteiger partial charge in [0.1, 0.15) is 17.8 Å². The lowest BCUT2D eigenvalue weighted by molar-refractivity contribution is 0.112. The van der Waals surface area contributed by atoms with Crippen molar-refractivity contribution in [3.05, 3.63) is 58.1 Å². The molecule has 0 heterocycles. The Bertz CT molecular complexity index is 551. The number of carbonyl (C=O) groups is 1. The van der Waals surface area contributed by atoms with Crippen LogP contribution in [0.15, 0.2) is 36.4 Å². The zero-order valence-corrected chi connectivity index (χ0v) is 11.0. The Morgan fingerprint density at radius 2 is 1.61 bits per heavy atom. The van der Waals surface area contributed by atoms with E-state index in [0.29, 0.717) is 16.3 Å². The van der Waals surface area contributed by atoms with Crippen molar-refractivity contribution in [1.82, 2.24) is 0 Å². The molecule has 0 unspecified atom stereocenters. The molecule has 0 saturated carbocycles. The highest BCUT2D eigenvalue weighted by molar-refractivity contribution is 6.30. The molecule has 2 nitrogen and oxygen atoms in total. The van der Waals surface area contributed by atoms with Crippen molar-refractivity contribution < 1.29 is 9.53 Å². The Morgan fingerprint density at radius 1 is 1.06 bits per heavy atom. The Kier molecular flexibility index (Phi) is 3.68. The zero-order chi connectivity index (χ0) is 13.1. The quantitative estimate of drug-likeness (QED) is 0.756. The molecule has 0 fully saturated rings. The third kappa shape index (κ3) is 2.71. The van der Waals surface area contributed by atoms with Crippen molar-refractivity contribution >= 4 is 17.9 Å². The molecule has 0 atom stereocenters. The highest BCUT2D eigenvalue weighted by Gasteiger charge is 2.07. The summed E-state index contributed by atoms with van der Waals surface area (Å²) in [6, 6.07) is 10.7. The number of halogens is 1. The van der Waals surface area contributed by atoms with E-state index in [1.807, 2.05) is 26.0 Å². The van der Waals surface area contributed by atoms with E-state index in [2.05, 4.69) is 0 Å². The van der Waals surface area contributed by atoms with Crippen molar-refractivity contribution in [3.63, 3.8) is 0 Å². The average molecular weight is 261 g/mol. The van der Waals surface area contributed by atoms with Crippen LogP contribution in [-0.2, 0) is 0 Å². The number of rotatable bonds is 3. The third-order valence-electron chi connectivity index (χ3n) is 2.66. The van der Waals surface area contributed by atoms with Crippen molar-refractivity contribution in [2.24, 2.45) is 0 Å². The fourth-order valence-electron chi connectivity index (χ4n) is 1.79. The van der Waals surface area contributed by atoms with Gasteiger partial charge in [-0.25, -0.2) is 0 Å². The molecule has 0 aliphatic heterocycles. The molecule has 0 saturated heterocycles. The van der Waals surface area contributed by atoms with E-state index < -0.39 is 0 Å². The van der Waals surface area contributed by atoms with E-state index >= 15 is 0 Å². The second kappa shape index (κ2) is 5.23. The Labute approximate surface area is 111 Å². The molecule has 0 aliphatic carbocycles. The van der Waals surface area contributed by atoms with E-state index in [4.69, 9.17) is 16.3 Å². The summed E-state index contributed by atoms with van der Waals surface area (Å²) in [7, 11) is 0. The van der Waals surface area contributed by atoms with E-state index in [1.165, 1.54) is 0 Å². The smallest absolute Gasteiger partial charge is 0.150 e. The minimum Gasteiger partial charge on any atom is -0.457 e. The molecule has 0 spiro atoms. The summed E-state index contributed by atoms with van der Waals surface area (Å²) in [6.45, 7) is 3.90. The van der Waals surface area contributed by atoms with Gasteiger partial charge in [-0.1, -0.05) is 11.6 Å². The van der Waals surface area contributed by atoms with Crippen LogP contribution in [-0.4, -0.2) is 6.29 Å². The van der Waals surface area contributed by atoms with Crippen LogP contribution in [0.3, 0.4) is 0 Å². The summed E-state index contributed by atoms with van der Waals surface area (Å²) in [5, 5.41) is 0.702. The second-order valence-corrected chi connectivity index (χ2v) is 4.59. The molecule has 0 aromatic heterocycles. The molecule has 0 amide bonds. The molecule has 0 aliphatic rings. The zero-order valence-electron chi connectivity index (χ0n) is 10.2. The van der Waals surface area contributed by atoms with Crippen molar-refractivity contribution in [2.75, 3.05) is 0 Å². The summed E-state index contributed by atoms with van der Waals surface area (Å²) < 4.78 is 5.82. The van der Waals surface area contributed by atoms with Gasteiger partial charge in [0.05, 0.1) is 0 Å². The maximum absolute atomic E-state index is 10.6. The maximum Gasteiger partial charge on any atom is 0.150 e. The van der Waals surface area contributed by atoms with Crippen LogP contribution >= 0.6 is 11.6 Å². The molecule has 2 aromatic rings. The fourth-order valence-corrected chi connectivity index (χ4v) is 2.12. The minimum atomic E-state index is 0.631. The first-order valence-corrected chi connectivity index (χ1v) is 5.98. The number of aldehydes is 1. The minimum absolute atomic E-state index is 0.631. The average Bonchev–Trinajstić information content (AvgIpc) is 2.34. The summed E-state index contributed by atoms with van der Waals surface area (Å²) >= 11 is 5.97. The molecule has 0 radical (unpaired) electrons. The molecular formula is C15H13ClO2. The standard InChI is InChI=1S/C15H13ClO2/c1-10-7-13(16)8-11(2)15(10)18-14-5-3-12(9-17)4-6-14/h3-9H,1-2H3. The van der Waals surface area contributed by atoms with Gasteiger partial charge in [0.2, 0.25) is 0 Å². The van der Waals surface area contributed by atoms with Gasteiger partial charge in [0.25, 0.3) is 0 Å². The van der Waals surface area contributed by atoms with Gasteiger partial charge in [-0.2, -0.15) is 0 Å². The lowest BCUT2D eigenvalue weighted by atomic mass is 10.1. The van der Waals surface area contributed by atoms with Crippen LogP contribution in [0.2, 0.25) is 5.02 Å². The van der Waals surface area contributed by atoms with Crippen LogP contribution in [0.1, 0.15) is 21.5 Å². The Morgan fingerprint density at radius 3 is 2.11 bits per heavy atom. The van der Waals surface area contributed by atoms with Gasteiger partial charge in [-0.3, -0.25) is 4.79 Å². The molecule has 18 heavy (non-hydrogen) atoms. The summed E-state index contributed by atoms with van der Waals surface area (Å²) in [5.74, 6) is 1.51. The van der Waals surface area contributed by atoms with Gasteiger partial charge in [-0.15, -0.1) is 0 Å². The predicted octanol–water partition coefficient (Wildman–Crippen LogP) is 4.56. The summed E-state index contributed by atoms with van der Waals surface area (Å²) in [4.78, 5) is 10.6. The molecule has 2 rings (SSSR count). The summed E-state index contributed by atoms with van der Waals surface area (Å²) in [6.07, 6.45) is 0.808. The van der Waals surface area contributed by atoms with E-state index in [1.54, 1.807) is 24.3 Å². The number of ether oxygens (including phenoxy) is 1. The van der Waals surface area contributed by atoms with Crippen molar-refractivity contribution in [1.29, 1.82) is 0 Å². The monoisotopic (exact) mass is 260 g/mol. The van der Waals surface area contributed by atoms with Crippen LogP contribution in [0.25, 0.3) is 0 Å². The van der Waals surface area contributed by atoms with Crippen LogP contribution in [0.5, 0.6) is 11.5 Å². The highest BCUT2D eigenvalue weighted by atomic mass is 35.5. The number of hydrogen-bond donors (Lipinski definition) is 0. The van der Waals surface area contributed by atoms with Crippen molar-refractivity contribution in [2.45, 2.75) is 13.8 Å². The first-order valence-electron chi connectivity index (χ1n) is 5.60. The van der Waals surface area contributed by atoms with Gasteiger partial charge in [-0.05, 0) is 61.4 Å². The molecule has 3 heteroatoms. The van der Waals surface area contributed by atoms with Crippen LogP contribution < -0.4 is 4.74 Å². The first-order chi connectivity index (χ1) is 8.60. The third-order valence-corrected chi connectivity index (χ3v) is 2.88. The normalized spacial score (nSPS) is 10.2. The second-order valence-electron chi connectivity index (χ2n) is 4.16. The lowest BCUT2D eigenvalue weighted by Crippen LogP contribution is -1.91. The predicted molar refractivity (Wildman–Crippen MR) is 72.8 cm³/mol.